The first-order valence-electron chi connectivity index (χ1n) is 7.38. The van der Waals surface area contributed by atoms with Crippen molar-refractivity contribution < 1.29 is 9.32 Å². The summed E-state index contributed by atoms with van der Waals surface area (Å²) >= 11 is 1.39. The van der Waals surface area contributed by atoms with Crippen molar-refractivity contribution in [2.45, 2.75) is 26.3 Å². The molecule has 0 saturated heterocycles. The second-order valence-electron chi connectivity index (χ2n) is 5.37. The van der Waals surface area contributed by atoms with Crippen molar-refractivity contribution in [3.05, 3.63) is 45.5 Å². The molecule has 0 aliphatic carbocycles. The lowest BCUT2D eigenvalue weighted by Gasteiger charge is -2.01. The average molecular weight is 348 g/mol. The maximum Gasteiger partial charge on any atom is 0.369 e. The predicted molar refractivity (Wildman–Crippen MR) is 86.4 cm³/mol. The van der Waals surface area contributed by atoms with E-state index in [0.29, 0.717) is 5.00 Å². The molecule has 0 spiro atoms. The van der Waals surface area contributed by atoms with E-state index in [1.54, 1.807) is 12.1 Å². The van der Waals surface area contributed by atoms with Crippen molar-refractivity contribution in [2.75, 3.05) is 6.54 Å². The van der Waals surface area contributed by atoms with E-state index < -0.39 is 0 Å². The molecule has 0 saturated carbocycles. The molecule has 9 nitrogen and oxygen atoms in total. The van der Waals surface area contributed by atoms with Crippen LogP contribution in [0.5, 0.6) is 0 Å². The third-order valence-corrected chi connectivity index (χ3v) is 4.15. The molecule has 0 atom stereocenters. The number of aromatic nitrogens is 5. The summed E-state index contributed by atoms with van der Waals surface area (Å²) in [5, 5.41) is 16.7. The number of nitrogens with zero attached hydrogens (tertiary/aromatic N) is 5. The Kier molecular flexibility index (Phi) is 4.56. The zero-order valence-corrected chi connectivity index (χ0v) is 14.0. The van der Waals surface area contributed by atoms with Gasteiger partial charge in [0.2, 0.25) is 5.76 Å². The Morgan fingerprint density at radius 1 is 1.42 bits per heavy atom. The highest BCUT2D eigenvalue weighted by Gasteiger charge is 2.15. The number of hydrogen-bond donors (Lipinski definition) is 1. The Morgan fingerprint density at radius 3 is 2.92 bits per heavy atom. The van der Waals surface area contributed by atoms with Crippen molar-refractivity contribution in [3.8, 4) is 5.00 Å². The molecular formula is C14H16N6O3S. The highest BCUT2D eigenvalue weighted by molar-refractivity contribution is 7.12. The van der Waals surface area contributed by atoms with Gasteiger partial charge >= 0.3 is 5.69 Å². The van der Waals surface area contributed by atoms with Crippen LogP contribution in [-0.4, -0.2) is 37.4 Å². The Balaban J connectivity index is 1.58. The van der Waals surface area contributed by atoms with E-state index in [2.05, 4.69) is 20.9 Å². The van der Waals surface area contributed by atoms with E-state index in [1.165, 1.54) is 20.7 Å². The van der Waals surface area contributed by atoms with E-state index in [4.69, 9.17) is 4.52 Å². The molecule has 3 aromatic rings. The molecule has 3 aromatic heterocycles. The summed E-state index contributed by atoms with van der Waals surface area (Å²) in [5.41, 5.74) is 0.365. The van der Waals surface area contributed by atoms with Crippen LogP contribution in [0.3, 0.4) is 0 Å². The summed E-state index contributed by atoms with van der Waals surface area (Å²) in [5.74, 6) is -0.0532. The molecule has 0 aliphatic rings. The van der Waals surface area contributed by atoms with E-state index in [0.717, 1.165) is 5.69 Å². The standard InChI is InChI=1S/C14H16N6O3S/c1-9(2)10-8-11(23-16-10)13(21)15-5-6-19-14(22)20(18-17-19)12-4-3-7-24-12/h3-4,7-9H,5-6H2,1-2H3,(H,15,21). The Bertz CT molecular complexity index is 877. The second-order valence-corrected chi connectivity index (χ2v) is 6.30. The predicted octanol–water partition coefficient (Wildman–Crippen LogP) is 1.03. The monoisotopic (exact) mass is 348 g/mol. The first kappa shape index (κ1) is 16.1. The van der Waals surface area contributed by atoms with Gasteiger partial charge < -0.3 is 9.84 Å². The van der Waals surface area contributed by atoms with Crippen LogP contribution in [0.15, 0.2) is 32.9 Å². The summed E-state index contributed by atoms with van der Waals surface area (Å²) in [7, 11) is 0. The number of tetrazole rings is 1. The van der Waals surface area contributed by atoms with Gasteiger partial charge in [0, 0.05) is 12.6 Å². The van der Waals surface area contributed by atoms with Gasteiger partial charge in [0.1, 0.15) is 5.00 Å². The zero-order chi connectivity index (χ0) is 17.1. The molecule has 24 heavy (non-hydrogen) atoms. The van der Waals surface area contributed by atoms with Crippen LogP contribution < -0.4 is 11.0 Å². The van der Waals surface area contributed by atoms with Gasteiger partial charge in [-0.25, -0.2) is 4.79 Å². The normalized spacial score (nSPS) is 11.1. The number of carbonyl (C=O) groups is 1. The lowest BCUT2D eigenvalue weighted by Crippen LogP contribution is -2.31. The number of amides is 1. The summed E-state index contributed by atoms with van der Waals surface area (Å²) < 4.78 is 7.42. The fourth-order valence-corrected chi connectivity index (χ4v) is 2.64. The van der Waals surface area contributed by atoms with Gasteiger partial charge in [-0.05, 0) is 33.9 Å². The molecule has 1 N–H and O–H groups in total. The molecule has 0 fully saturated rings. The minimum absolute atomic E-state index is 0.147. The minimum atomic E-state index is -0.381. The lowest BCUT2D eigenvalue weighted by molar-refractivity contribution is 0.0914. The van der Waals surface area contributed by atoms with Crippen molar-refractivity contribution >= 4 is 17.2 Å². The van der Waals surface area contributed by atoms with Crippen LogP contribution in [0.25, 0.3) is 5.00 Å². The van der Waals surface area contributed by atoms with Gasteiger partial charge in [-0.15, -0.1) is 11.3 Å². The number of nitrogens with one attached hydrogen (secondary N) is 1. The zero-order valence-electron chi connectivity index (χ0n) is 13.2. The molecule has 3 rings (SSSR count). The minimum Gasteiger partial charge on any atom is -0.351 e. The fourth-order valence-electron chi connectivity index (χ4n) is 1.97. The Hall–Kier alpha value is -2.75. The topological polar surface area (TPSA) is 108 Å². The maximum atomic E-state index is 12.2. The second kappa shape index (κ2) is 6.79. The lowest BCUT2D eigenvalue weighted by atomic mass is 10.1. The third-order valence-electron chi connectivity index (χ3n) is 3.31. The fraction of sp³-hybridized carbons (Fsp3) is 0.357. The van der Waals surface area contributed by atoms with Crippen LogP contribution in [0, 0.1) is 0 Å². The van der Waals surface area contributed by atoms with Gasteiger partial charge in [-0.3, -0.25) is 4.79 Å². The highest BCUT2D eigenvalue weighted by Crippen LogP contribution is 2.13. The largest absolute Gasteiger partial charge is 0.369 e. The summed E-state index contributed by atoms with van der Waals surface area (Å²) in [6.07, 6.45) is 0. The molecule has 126 valence electrons. The van der Waals surface area contributed by atoms with Crippen molar-refractivity contribution in [3.63, 3.8) is 0 Å². The highest BCUT2D eigenvalue weighted by atomic mass is 32.1. The molecule has 0 aliphatic heterocycles. The van der Waals surface area contributed by atoms with Gasteiger partial charge in [0.15, 0.2) is 0 Å². The first-order chi connectivity index (χ1) is 11.6. The molecule has 1 amide bonds. The average Bonchev–Trinajstić information content (AvgIpc) is 3.27. The smallest absolute Gasteiger partial charge is 0.351 e. The maximum absolute atomic E-state index is 12.2. The Labute approximate surface area is 140 Å². The number of carbonyl (C=O) groups excluding carboxylic acids is 1. The molecule has 0 aromatic carbocycles. The van der Waals surface area contributed by atoms with E-state index in [9.17, 15) is 9.59 Å². The molecule has 10 heteroatoms. The Morgan fingerprint density at radius 2 is 2.25 bits per heavy atom. The van der Waals surface area contributed by atoms with Crippen LogP contribution in [-0.2, 0) is 6.54 Å². The summed E-state index contributed by atoms with van der Waals surface area (Å²) in [6, 6.07) is 5.22. The molecular weight excluding hydrogens is 332 g/mol. The SMILES string of the molecule is CC(C)c1cc(C(=O)NCCn2nnn(-c3cccs3)c2=O)on1. The van der Waals surface area contributed by atoms with E-state index >= 15 is 0 Å². The van der Waals surface area contributed by atoms with Gasteiger partial charge in [0.25, 0.3) is 5.91 Å². The van der Waals surface area contributed by atoms with Crippen molar-refractivity contribution in [2.24, 2.45) is 0 Å². The number of thiophene rings is 1. The number of hydrogen-bond acceptors (Lipinski definition) is 7. The first-order valence-corrected chi connectivity index (χ1v) is 8.25. The van der Waals surface area contributed by atoms with Gasteiger partial charge in [0.05, 0.1) is 12.2 Å². The van der Waals surface area contributed by atoms with E-state index in [-0.39, 0.29) is 36.4 Å². The number of rotatable bonds is 6. The van der Waals surface area contributed by atoms with Crippen molar-refractivity contribution in [1.82, 2.24) is 30.3 Å². The molecule has 3 heterocycles. The van der Waals surface area contributed by atoms with Crippen LogP contribution >= 0.6 is 11.3 Å². The van der Waals surface area contributed by atoms with E-state index in [1.807, 2.05) is 25.3 Å². The molecule has 0 radical (unpaired) electrons. The third kappa shape index (κ3) is 3.27. The van der Waals surface area contributed by atoms with Gasteiger partial charge in [-0.1, -0.05) is 19.0 Å². The quantitative estimate of drug-likeness (QED) is 0.713. The molecule has 0 bridgehead atoms. The van der Waals surface area contributed by atoms with Gasteiger partial charge in [-0.2, -0.15) is 9.36 Å². The van der Waals surface area contributed by atoms with Crippen LogP contribution in [0.1, 0.15) is 36.0 Å². The van der Waals surface area contributed by atoms with Crippen LogP contribution in [0.4, 0.5) is 0 Å². The summed E-state index contributed by atoms with van der Waals surface area (Å²) in [6.45, 7) is 4.35. The summed E-state index contributed by atoms with van der Waals surface area (Å²) in [4.78, 5) is 24.1. The van der Waals surface area contributed by atoms with Crippen molar-refractivity contribution in [1.29, 1.82) is 0 Å². The van der Waals surface area contributed by atoms with Crippen LogP contribution in [0.2, 0.25) is 0 Å². The molecule has 0 unspecified atom stereocenters.